The Morgan fingerprint density at radius 2 is 1.33 bits per heavy atom. The summed E-state index contributed by atoms with van der Waals surface area (Å²) in [5.41, 5.74) is 18.5. The molecule has 0 saturated carbocycles. The van der Waals surface area contributed by atoms with Gasteiger partial charge >= 0.3 is 5.97 Å². The molecule has 0 unspecified atom stereocenters. The normalized spacial score (nSPS) is 13.2. The molecule has 16 nitrogen and oxygen atoms in total. The summed E-state index contributed by atoms with van der Waals surface area (Å²) >= 11 is 0. The highest BCUT2D eigenvalue weighted by Crippen LogP contribution is 2.17. The quantitative estimate of drug-likeness (QED) is 0.0376. The molecular formula is C36H49N9O7. The number of rotatable bonds is 21. The minimum atomic E-state index is -1.26. The van der Waals surface area contributed by atoms with E-state index in [0.29, 0.717) is 24.1 Å². The largest absolute Gasteiger partial charge is 0.508 e. The van der Waals surface area contributed by atoms with Crippen molar-refractivity contribution in [1.82, 2.24) is 26.6 Å². The molecule has 52 heavy (non-hydrogen) atoms. The first-order chi connectivity index (χ1) is 24.9. The van der Waals surface area contributed by atoms with Gasteiger partial charge in [0.25, 0.3) is 0 Å². The van der Waals surface area contributed by atoms with Gasteiger partial charge in [0.05, 0.1) is 6.04 Å². The summed E-state index contributed by atoms with van der Waals surface area (Å²) in [6.07, 6.45) is 1.22. The van der Waals surface area contributed by atoms with Gasteiger partial charge in [0.1, 0.15) is 30.4 Å². The number of aromatic hydroxyl groups is 1. The molecule has 3 aromatic rings. The third-order valence-corrected chi connectivity index (χ3v) is 8.16. The van der Waals surface area contributed by atoms with E-state index < -0.39 is 60.3 Å². The predicted molar refractivity (Wildman–Crippen MR) is 197 cm³/mol. The number of fused-ring (bicyclic) bond motifs is 1. The maximum atomic E-state index is 13.9. The number of amides is 4. The number of phenolic OH excluding ortho intramolecular Hbond substituents is 1. The summed E-state index contributed by atoms with van der Waals surface area (Å²) in [7, 11) is 1.75. The number of guanidine groups is 1. The lowest BCUT2D eigenvalue weighted by molar-refractivity contribution is -0.138. The number of nitrogens with two attached hydrogens (primary N) is 3. The van der Waals surface area contributed by atoms with E-state index in [9.17, 15) is 29.1 Å². The molecule has 0 heterocycles. The van der Waals surface area contributed by atoms with Crippen molar-refractivity contribution in [2.45, 2.75) is 62.7 Å². The first kappa shape index (κ1) is 40.7. The van der Waals surface area contributed by atoms with Gasteiger partial charge in [-0.1, -0.05) is 54.6 Å². The number of benzene rings is 3. The van der Waals surface area contributed by atoms with E-state index in [1.54, 1.807) is 19.2 Å². The van der Waals surface area contributed by atoms with Crippen LogP contribution in [0.25, 0.3) is 10.8 Å². The molecule has 0 spiro atoms. The first-order valence-electron chi connectivity index (χ1n) is 17.0. The van der Waals surface area contributed by atoms with Crippen molar-refractivity contribution in [3.8, 4) is 5.75 Å². The molecule has 3 aromatic carbocycles. The number of carbonyl (C=O) groups is 5. The zero-order valence-electron chi connectivity index (χ0n) is 29.1. The lowest BCUT2D eigenvalue weighted by atomic mass is 10.0. The standard InChI is InChI=1S/C36H49N9O7/c1-40-16-4-8-28(43-32(49)27(37)19-22-11-14-26(46)15-12-22)34(51)44-29(9-5-17-41-36(38)39)35(52)45-30(33(50)42-21-31(47)48)20-23-10-13-24-6-2-3-7-25(24)18-23/h2-3,6-7,10-15,18,27-30,40,46H,4-5,8-9,16-17,19-21,37H2,1H3,(H,42,50)(H,43,49)(H,44,51)(H,45,52)(H,47,48)(H4,38,39,41)/t27-,28+,29+,30+/m1/s1. The van der Waals surface area contributed by atoms with E-state index in [4.69, 9.17) is 22.3 Å². The minimum absolute atomic E-state index is 0.0261. The number of carbonyl (C=O) groups excluding carboxylic acids is 4. The molecule has 16 heteroatoms. The molecule has 3 rings (SSSR count). The van der Waals surface area contributed by atoms with Crippen LogP contribution < -0.4 is 43.8 Å². The third-order valence-electron chi connectivity index (χ3n) is 8.16. The van der Waals surface area contributed by atoms with Crippen LogP contribution in [0.4, 0.5) is 0 Å². The van der Waals surface area contributed by atoms with Gasteiger partial charge in [-0.3, -0.25) is 29.0 Å². The highest BCUT2D eigenvalue weighted by molar-refractivity contribution is 5.95. The van der Waals surface area contributed by atoms with E-state index in [0.717, 1.165) is 10.8 Å². The van der Waals surface area contributed by atoms with Gasteiger partial charge < -0.3 is 54.0 Å². The third kappa shape index (κ3) is 13.9. The number of aliphatic carboxylic acids is 1. The Labute approximate surface area is 302 Å². The first-order valence-corrected chi connectivity index (χ1v) is 17.0. The van der Waals surface area contributed by atoms with E-state index in [1.165, 1.54) is 12.1 Å². The smallest absolute Gasteiger partial charge is 0.322 e. The Kier molecular flexibility index (Phi) is 16.3. The zero-order chi connectivity index (χ0) is 38.0. The van der Waals surface area contributed by atoms with Crippen molar-refractivity contribution >= 4 is 46.3 Å². The number of hydrogen-bond acceptors (Lipinski definition) is 9. The second kappa shape index (κ2) is 20.8. The Bertz CT molecular complexity index is 1700. The summed E-state index contributed by atoms with van der Waals surface area (Å²) in [5.74, 6) is -4.01. The van der Waals surface area contributed by atoms with Crippen molar-refractivity contribution in [2.24, 2.45) is 22.2 Å². The molecule has 280 valence electrons. The van der Waals surface area contributed by atoms with Gasteiger partial charge in [-0.15, -0.1) is 0 Å². The molecule has 0 aliphatic carbocycles. The van der Waals surface area contributed by atoms with Crippen LogP contribution in [0.2, 0.25) is 0 Å². The number of carboxylic acid groups (broad SMARTS) is 1. The van der Waals surface area contributed by atoms with Crippen LogP contribution in [0, 0.1) is 0 Å². The van der Waals surface area contributed by atoms with Crippen LogP contribution in [-0.4, -0.2) is 96.6 Å². The summed E-state index contributed by atoms with van der Waals surface area (Å²) in [6, 6.07) is 15.0. The van der Waals surface area contributed by atoms with E-state index in [-0.39, 0.29) is 50.4 Å². The Morgan fingerprint density at radius 1 is 0.731 bits per heavy atom. The molecule has 0 fully saturated rings. The molecular weight excluding hydrogens is 670 g/mol. The molecule has 0 aromatic heterocycles. The highest BCUT2D eigenvalue weighted by Gasteiger charge is 2.30. The van der Waals surface area contributed by atoms with Crippen LogP contribution >= 0.6 is 0 Å². The molecule has 0 aliphatic heterocycles. The monoisotopic (exact) mass is 719 g/mol. The van der Waals surface area contributed by atoms with E-state index in [2.05, 4.69) is 31.6 Å². The van der Waals surface area contributed by atoms with Crippen molar-refractivity contribution in [3.05, 3.63) is 77.9 Å². The lowest BCUT2D eigenvalue weighted by Crippen LogP contribution is -2.58. The number of phenols is 1. The van der Waals surface area contributed by atoms with Crippen molar-refractivity contribution < 1.29 is 34.2 Å². The maximum absolute atomic E-state index is 13.9. The lowest BCUT2D eigenvalue weighted by Gasteiger charge is -2.26. The Hall–Kier alpha value is -5.74. The van der Waals surface area contributed by atoms with Crippen LogP contribution in [0.1, 0.15) is 36.8 Å². The number of aliphatic imine (C=N–C) groups is 1. The fraction of sp³-hybridized carbons (Fsp3) is 0.389. The van der Waals surface area contributed by atoms with Gasteiger partial charge in [-0.05, 0) is 79.7 Å². The Balaban J connectivity index is 1.82. The number of carboxylic acids is 1. The summed E-state index contributed by atoms with van der Waals surface area (Å²) in [6.45, 7) is 0.0318. The molecule has 4 amide bonds. The maximum Gasteiger partial charge on any atom is 0.322 e. The molecule has 0 radical (unpaired) electrons. The summed E-state index contributed by atoms with van der Waals surface area (Å²) in [5, 5.41) is 34.1. The SMILES string of the molecule is CNCCC[C@H](NC(=O)[C@H](N)Cc1ccc(O)cc1)C(=O)N[C@@H](CCCN=C(N)N)C(=O)N[C@@H](Cc1ccc2ccccc2c1)C(=O)NCC(=O)O. The predicted octanol–water partition coefficient (Wildman–Crippen LogP) is -0.634. The van der Waals surface area contributed by atoms with Crippen LogP contribution in [-0.2, 0) is 36.8 Å². The topological polar surface area (TPSA) is 276 Å². The second-order valence-electron chi connectivity index (χ2n) is 12.4. The van der Waals surface area contributed by atoms with Crippen molar-refractivity contribution in [1.29, 1.82) is 0 Å². The van der Waals surface area contributed by atoms with Crippen LogP contribution in [0.15, 0.2) is 71.7 Å². The highest BCUT2D eigenvalue weighted by atomic mass is 16.4. The van der Waals surface area contributed by atoms with E-state index >= 15 is 0 Å². The molecule has 0 bridgehead atoms. The van der Waals surface area contributed by atoms with Gasteiger partial charge in [0, 0.05) is 13.0 Å². The molecule has 13 N–H and O–H groups in total. The summed E-state index contributed by atoms with van der Waals surface area (Å²) < 4.78 is 0. The number of nitrogens with zero attached hydrogens (tertiary/aromatic N) is 1. The minimum Gasteiger partial charge on any atom is -0.508 e. The average molecular weight is 720 g/mol. The van der Waals surface area contributed by atoms with Gasteiger partial charge in [-0.2, -0.15) is 0 Å². The molecule has 0 saturated heterocycles. The number of nitrogens with one attached hydrogen (secondary N) is 5. The second-order valence-corrected chi connectivity index (χ2v) is 12.4. The van der Waals surface area contributed by atoms with Gasteiger partial charge in [0.15, 0.2) is 5.96 Å². The molecule has 0 aliphatic rings. The van der Waals surface area contributed by atoms with Crippen molar-refractivity contribution in [3.63, 3.8) is 0 Å². The zero-order valence-corrected chi connectivity index (χ0v) is 29.1. The fourth-order valence-electron chi connectivity index (χ4n) is 5.42. The van der Waals surface area contributed by atoms with E-state index in [1.807, 2.05) is 42.5 Å². The van der Waals surface area contributed by atoms with Crippen LogP contribution in [0.5, 0.6) is 5.75 Å². The van der Waals surface area contributed by atoms with Crippen LogP contribution in [0.3, 0.4) is 0 Å². The van der Waals surface area contributed by atoms with Crippen molar-refractivity contribution in [2.75, 3.05) is 26.7 Å². The number of hydrogen-bond donors (Lipinski definition) is 10. The van der Waals surface area contributed by atoms with Gasteiger partial charge in [0.2, 0.25) is 23.6 Å². The fourth-order valence-corrected chi connectivity index (χ4v) is 5.42. The van der Waals surface area contributed by atoms with Gasteiger partial charge in [-0.25, -0.2) is 0 Å². The molecule has 4 atom stereocenters. The average Bonchev–Trinajstić information content (AvgIpc) is 3.11. The Morgan fingerprint density at radius 3 is 1.96 bits per heavy atom. The summed E-state index contributed by atoms with van der Waals surface area (Å²) in [4.78, 5) is 69.2.